The summed E-state index contributed by atoms with van der Waals surface area (Å²) in [6, 6.07) is 10.3. The number of nitrogens with zero attached hydrogens (tertiary/aromatic N) is 2. The van der Waals surface area contributed by atoms with Crippen LogP contribution < -0.4 is 0 Å². The lowest BCUT2D eigenvalue weighted by Crippen LogP contribution is -2.41. The fraction of sp³-hybridized carbons (Fsp3) is 0.700. The van der Waals surface area contributed by atoms with Gasteiger partial charge in [-0.05, 0) is 25.3 Å². The number of aryl methyl sites for hydroxylation is 1. The van der Waals surface area contributed by atoms with Crippen molar-refractivity contribution in [1.82, 2.24) is 9.80 Å². The molecule has 0 radical (unpaired) electrons. The number of ether oxygens (including phenoxy) is 2. The Morgan fingerprint density at radius 2 is 1.54 bits per heavy atom. The number of methoxy groups -OCH3 is 2. The van der Waals surface area contributed by atoms with Crippen LogP contribution >= 0.6 is 0 Å². The number of benzene rings is 1. The molecule has 1 saturated heterocycles. The van der Waals surface area contributed by atoms with E-state index in [1.54, 1.807) is 14.2 Å². The maximum Gasteiger partial charge on any atom is 0.0893 e. The topological polar surface area (TPSA) is 24.9 Å². The molecule has 4 heteroatoms. The largest absolute Gasteiger partial charge is 0.383 e. The first kappa shape index (κ1) is 17.9. The molecular weight excluding hydrogens is 300 g/mol. The average molecular weight is 332 g/mol. The minimum absolute atomic E-state index is 0.350. The van der Waals surface area contributed by atoms with Crippen molar-refractivity contribution in [2.45, 2.75) is 50.9 Å². The van der Waals surface area contributed by atoms with Crippen LogP contribution in [0, 0.1) is 6.92 Å². The van der Waals surface area contributed by atoms with E-state index >= 15 is 0 Å². The van der Waals surface area contributed by atoms with Crippen LogP contribution in [0.15, 0.2) is 24.3 Å². The van der Waals surface area contributed by atoms with Crippen molar-refractivity contribution in [3.8, 4) is 0 Å². The van der Waals surface area contributed by atoms with Gasteiger partial charge in [0.15, 0.2) is 0 Å². The van der Waals surface area contributed by atoms with Gasteiger partial charge in [-0.25, -0.2) is 0 Å². The molecule has 1 aliphatic carbocycles. The summed E-state index contributed by atoms with van der Waals surface area (Å²) < 4.78 is 10.8. The van der Waals surface area contributed by atoms with Gasteiger partial charge in [-0.15, -0.1) is 0 Å². The third-order valence-electron chi connectivity index (χ3n) is 5.62. The molecule has 2 atom stereocenters. The molecular formula is C20H32N2O2. The summed E-state index contributed by atoms with van der Waals surface area (Å²) in [7, 11) is 3.61. The molecule has 134 valence electrons. The lowest BCUT2D eigenvalue weighted by atomic mass is 9.90. The van der Waals surface area contributed by atoms with Crippen LogP contribution in [0.5, 0.6) is 0 Å². The van der Waals surface area contributed by atoms with E-state index in [0.29, 0.717) is 18.2 Å². The molecule has 1 aromatic rings. The number of hydrogen-bond donors (Lipinski definition) is 0. The summed E-state index contributed by atoms with van der Waals surface area (Å²) in [5, 5.41) is 0. The number of rotatable bonds is 7. The minimum atomic E-state index is 0.350. The molecule has 2 aliphatic rings. The van der Waals surface area contributed by atoms with E-state index in [1.807, 2.05) is 0 Å². The standard InChI is InChI=1S/C20H32N2O2/c1-16-7-6-8-17(15-16)20-21(11-13-23-2)18-9-4-5-10-19(18)22(20)12-14-24-3/h6-8,15,18-20H,4-5,9-14H2,1-3H3/t18-,19-/m1/s1. The Balaban J connectivity index is 1.93. The van der Waals surface area contributed by atoms with Crippen LogP contribution in [0.4, 0.5) is 0 Å². The zero-order valence-electron chi connectivity index (χ0n) is 15.4. The molecule has 0 spiro atoms. The van der Waals surface area contributed by atoms with Crippen LogP contribution in [0.1, 0.15) is 43.0 Å². The molecule has 24 heavy (non-hydrogen) atoms. The Hall–Kier alpha value is -0.940. The second-order valence-corrected chi connectivity index (χ2v) is 7.17. The first-order valence-corrected chi connectivity index (χ1v) is 9.32. The average Bonchev–Trinajstić information content (AvgIpc) is 2.91. The van der Waals surface area contributed by atoms with Gasteiger partial charge in [-0.2, -0.15) is 0 Å². The van der Waals surface area contributed by atoms with Crippen LogP contribution in [0.3, 0.4) is 0 Å². The third-order valence-corrected chi connectivity index (χ3v) is 5.62. The quantitative estimate of drug-likeness (QED) is 0.765. The fourth-order valence-electron chi connectivity index (χ4n) is 4.60. The summed E-state index contributed by atoms with van der Waals surface area (Å²) in [4.78, 5) is 5.38. The molecule has 0 unspecified atom stereocenters. The molecule has 3 rings (SSSR count). The van der Waals surface area contributed by atoms with Crippen molar-refractivity contribution in [2.24, 2.45) is 0 Å². The van der Waals surface area contributed by atoms with Gasteiger partial charge < -0.3 is 9.47 Å². The summed E-state index contributed by atoms with van der Waals surface area (Å²) in [6.07, 6.45) is 5.66. The van der Waals surface area contributed by atoms with E-state index in [1.165, 1.54) is 36.8 Å². The Labute approximate surface area is 146 Å². The number of fused-ring (bicyclic) bond motifs is 1. The number of hydrogen-bond acceptors (Lipinski definition) is 4. The van der Waals surface area contributed by atoms with Gasteiger partial charge in [0.25, 0.3) is 0 Å². The highest BCUT2D eigenvalue weighted by Crippen LogP contribution is 2.43. The fourth-order valence-corrected chi connectivity index (χ4v) is 4.60. The Morgan fingerprint density at radius 3 is 2.04 bits per heavy atom. The van der Waals surface area contributed by atoms with Gasteiger partial charge in [0.1, 0.15) is 0 Å². The molecule has 0 aromatic heterocycles. The van der Waals surface area contributed by atoms with E-state index in [9.17, 15) is 0 Å². The van der Waals surface area contributed by atoms with Crippen molar-refractivity contribution >= 4 is 0 Å². The molecule has 1 heterocycles. The van der Waals surface area contributed by atoms with E-state index < -0.39 is 0 Å². The highest BCUT2D eigenvalue weighted by molar-refractivity contribution is 5.27. The normalized spacial score (nSPS) is 26.0. The van der Waals surface area contributed by atoms with Crippen molar-refractivity contribution in [2.75, 3.05) is 40.5 Å². The van der Waals surface area contributed by atoms with Gasteiger partial charge in [-0.1, -0.05) is 42.7 Å². The first-order chi connectivity index (χ1) is 11.8. The molecule has 4 nitrogen and oxygen atoms in total. The van der Waals surface area contributed by atoms with Crippen molar-refractivity contribution in [1.29, 1.82) is 0 Å². The molecule has 0 N–H and O–H groups in total. The van der Waals surface area contributed by atoms with Crippen molar-refractivity contribution < 1.29 is 9.47 Å². The predicted octanol–water partition coefficient (Wildman–Crippen LogP) is 3.22. The van der Waals surface area contributed by atoms with Crippen molar-refractivity contribution in [3.05, 3.63) is 35.4 Å². The zero-order chi connectivity index (χ0) is 16.9. The van der Waals surface area contributed by atoms with Crippen LogP contribution in [-0.4, -0.2) is 62.4 Å². The highest BCUT2D eigenvalue weighted by Gasteiger charge is 2.47. The summed E-state index contributed by atoms with van der Waals surface area (Å²) in [5.41, 5.74) is 2.75. The smallest absolute Gasteiger partial charge is 0.0893 e. The van der Waals surface area contributed by atoms with Crippen LogP contribution in [0.2, 0.25) is 0 Å². The second kappa shape index (κ2) is 8.43. The SMILES string of the molecule is COCCN1C(c2cccc(C)c2)N(CCOC)[C@@H]2CCCC[C@H]21. The Bertz CT molecular complexity index is 498. The van der Waals surface area contributed by atoms with E-state index in [2.05, 4.69) is 41.0 Å². The van der Waals surface area contributed by atoms with Gasteiger partial charge >= 0.3 is 0 Å². The van der Waals surface area contributed by atoms with Gasteiger partial charge in [0.05, 0.1) is 19.4 Å². The molecule has 1 saturated carbocycles. The molecule has 2 fully saturated rings. The molecule has 1 aromatic carbocycles. The molecule has 0 bridgehead atoms. The van der Waals surface area contributed by atoms with E-state index in [-0.39, 0.29) is 0 Å². The maximum atomic E-state index is 5.42. The van der Waals surface area contributed by atoms with E-state index in [4.69, 9.17) is 9.47 Å². The monoisotopic (exact) mass is 332 g/mol. The van der Waals surface area contributed by atoms with Crippen LogP contribution in [0.25, 0.3) is 0 Å². The Morgan fingerprint density at radius 1 is 0.958 bits per heavy atom. The summed E-state index contributed by atoms with van der Waals surface area (Å²) in [5.74, 6) is 0. The highest BCUT2D eigenvalue weighted by atomic mass is 16.5. The third kappa shape index (κ3) is 3.67. The van der Waals surface area contributed by atoms with Gasteiger partial charge in [0, 0.05) is 39.4 Å². The van der Waals surface area contributed by atoms with E-state index in [0.717, 1.165) is 26.3 Å². The van der Waals surface area contributed by atoms with Gasteiger partial charge in [0.2, 0.25) is 0 Å². The summed E-state index contributed by atoms with van der Waals surface area (Å²) in [6.45, 7) is 5.78. The molecule has 0 amide bonds. The minimum Gasteiger partial charge on any atom is -0.383 e. The zero-order valence-corrected chi connectivity index (χ0v) is 15.4. The maximum absolute atomic E-state index is 5.42. The predicted molar refractivity (Wildman–Crippen MR) is 97.1 cm³/mol. The van der Waals surface area contributed by atoms with Gasteiger partial charge in [-0.3, -0.25) is 9.80 Å². The van der Waals surface area contributed by atoms with Crippen LogP contribution in [-0.2, 0) is 9.47 Å². The summed E-state index contributed by atoms with van der Waals surface area (Å²) >= 11 is 0. The lowest BCUT2D eigenvalue weighted by molar-refractivity contribution is 0.0641. The molecule has 1 aliphatic heterocycles. The Kier molecular flexibility index (Phi) is 6.28. The second-order valence-electron chi connectivity index (χ2n) is 7.17. The van der Waals surface area contributed by atoms with Crippen molar-refractivity contribution in [3.63, 3.8) is 0 Å². The first-order valence-electron chi connectivity index (χ1n) is 9.32. The lowest BCUT2D eigenvalue weighted by Gasteiger charge is -2.32.